The van der Waals surface area contributed by atoms with Gasteiger partial charge in [0.25, 0.3) is 0 Å². The Balaban J connectivity index is 1.82. The predicted molar refractivity (Wildman–Crippen MR) is 132 cm³/mol. The number of aryl methyl sites for hydroxylation is 1. The molecule has 0 spiro atoms. The lowest BCUT2D eigenvalue weighted by Crippen LogP contribution is -2.06. The van der Waals surface area contributed by atoms with Gasteiger partial charge < -0.3 is 9.47 Å². The maximum Gasteiger partial charge on any atom is 0.305 e. The van der Waals surface area contributed by atoms with Crippen molar-refractivity contribution in [3.8, 4) is 34.3 Å². The molecule has 0 N–H and O–H groups in total. The summed E-state index contributed by atoms with van der Waals surface area (Å²) in [5.74, 6) is 0.967. The number of carbonyl (C=O) groups is 1. The van der Waals surface area contributed by atoms with Crippen molar-refractivity contribution in [2.45, 2.75) is 59.5 Å². The van der Waals surface area contributed by atoms with Gasteiger partial charge in [-0.2, -0.15) is 5.26 Å². The van der Waals surface area contributed by atoms with Crippen molar-refractivity contribution < 1.29 is 14.3 Å². The fourth-order valence-electron chi connectivity index (χ4n) is 3.94. The summed E-state index contributed by atoms with van der Waals surface area (Å²) in [4.78, 5) is 20.8. The second kappa shape index (κ2) is 11.9. The van der Waals surface area contributed by atoms with E-state index in [1.807, 2.05) is 45.3 Å². The van der Waals surface area contributed by atoms with E-state index >= 15 is 0 Å². The van der Waals surface area contributed by atoms with E-state index in [0.717, 1.165) is 36.0 Å². The molecule has 34 heavy (non-hydrogen) atoms. The minimum Gasteiger partial charge on any atom is -0.490 e. The number of esters is 1. The molecule has 0 atom stereocenters. The number of nitrogens with zero attached hydrogens (tertiary/aromatic N) is 3. The highest BCUT2D eigenvalue weighted by molar-refractivity contribution is 5.70. The smallest absolute Gasteiger partial charge is 0.305 e. The molecular formula is C28H31N3O3. The molecule has 0 aliphatic heterocycles. The van der Waals surface area contributed by atoms with Crippen LogP contribution in [0.3, 0.4) is 0 Å². The summed E-state index contributed by atoms with van der Waals surface area (Å²) >= 11 is 0. The number of hydrogen-bond donors (Lipinski definition) is 0. The zero-order chi connectivity index (χ0) is 24.5. The first kappa shape index (κ1) is 24.9. The van der Waals surface area contributed by atoms with Crippen LogP contribution in [0.4, 0.5) is 0 Å². The Morgan fingerprint density at radius 3 is 2.50 bits per heavy atom. The van der Waals surface area contributed by atoms with Gasteiger partial charge in [-0.25, -0.2) is 9.97 Å². The molecule has 176 valence electrons. The van der Waals surface area contributed by atoms with E-state index in [0.29, 0.717) is 30.2 Å². The number of aromatic nitrogens is 2. The van der Waals surface area contributed by atoms with Crippen molar-refractivity contribution in [2.75, 3.05) is 6.61 Å². The Labute approximate surface area is 201 Å². The quantitative estimate of drug-likeness (QED) is 0.351. The topological polar surface area (TPSA) is 85.1 Å². The van der Waals surface area contributed by atoms with Crippen LogP contribution >= 0.6 is 0 Å². The van der Waals surface area contributed by atoms with Gasteiger partial charge >= 0.3 is 5.97 Å². The van der Waals surface area contributed by atoms with Gasteiger partial charge in [0.1, 0.15) is 11.8 Å². The molecule has 6 nitrogen and oxygen atoms in total. The van der Waals surface area contributed by atoms with Crippen LogP contribution in [0, 0.1) is 11.3 Å². The zero-order valence-corrected chi connectivity index (χ0v) is 20.3. The lowest BCUT2D eigenvalue weighted by atomic mass is 9.92. The van der Waals surface area contributed by atoms with Gasteiger partial charge in [0.15, 0.2) is 5.82 Å². The van der Waals surface area contributed by atoms with E-state index in [1.54, 1.807) is 12.1 Å². The van der Waals surface area contributed by atoms with Gasteiger partial charge in [0, 0.05) is 29.9 Å². The zero-order valence-electron chi connectivity index (χ0n) is 20.3. The van der Waals surface area contributed by atoms with Gasteiger partial charge in [-0.1, -0.05) is 25.1 Å². The van der Waals surface area contributed by atoms with E-state index in [1.165, 1.54) is 11.1 Å². The second-order valence-electron chi connectivity index (χ2n) is 8.24. The highest BCUT2D eigenvalue weighted by Gasteiger charge is 2.13. The first-order valence-corrected chi connectivity index (χ1v) is 11.8. The molecule has 1 heterocycles. The van der Waals surface area contributed by atoms with Crippen LogP contribution in [0.25, 0.3) is 22.5 Å². The highest BCUT2D eigenvalue weighted by atomic mass is 16.5. The van der Waals surface area contributed by atoms with E-state index in [9.17, 15) is 10.1 Å². The lowest BCUT2D eigenvalue weighted by molar-refractivity contribution is -0.143. The minimum absolute atomic E-state index is 0.0119. The molecule has 0 aliphatic carbocycles. The highest BCUT2D eigenvalue weighted by Crippen LogP contribution is 2.29. The van der Waals surface area contributed by atoms with Crippen molar-refractivity contribution in [3.05, 3.63) is 65.5 Å². The van der Waals surface area contributed by atoms with E-state index < -0.39 is 0 Å². The molecule has 0 unspecified atom stereocenters. The predicted octanol–water partition coefficient (Wildman–Crippen LogP) is 5.92. The number of carbonyl (C=O) groups excluding carboxylic acids is 1. The Morgan fingerprint density at radius 2 is 1.85 bits per heavy atom. The van der Waals surface area contributed by atoms with Gasteiger partial charge in [-0.05, 0) is 74.9 Å². The average Bonchev–Trinajstić information content (AvgIpc) is 2.84. The first-order chi connectivity index (χ1) is 16.5. The van der Waals surface area contributed by atoms with Crippen LogP contribution in [0.5, 0.6) is 5.75 Å². The number of nitriles is 1. The third-order valence-electron chi connectivity index (χ3n) is 5.44. The fraction of sp³-hybridized carbons (Fsp3) is 0.357. The molecule has 0 saturated carbocycles. The van der Waals surface area contributed by atoms with Crippen molar-refractivity contribution in [1.29, 1.82) is 5.26 Å². The van der Waals surface area contributed by atoms with E-state index in [4.69, 9.17) is 9.47 Å². The summed E-state index contributed by atoms with van der Waals surface area (Å²) in [6.45, 7) is 8.22. The van der Waals surface area contributed by atoms with Crippen LogP contribution in [0.2, 0.25) is 0 Å². The molecule has 2 aromatic carbocycles. The maximum atomic E-state index is 11.7. The average molecular weight is 458 g/mol. The third-order valence-corrected chi connectivity index (χ3v) is 5.44. The summed E-state index contributed by atoms with van der Waals surface area (Å²) in [5.41, 5.74) is 5.73. The largest absolute Gasteiger partial charge is 0.490 e. The molecule has 3 rings (SSSR count). The summed E-state index contributed by atoms with van der Waals surface area (Å²) in [6.07, 6.45) is 6.49. The molecule has 0 aliphatic rings. The summed E-state index contributed by atoms with van der Waals surface area (Å²) < 4.78 is 10.7. The monoisotopic (exact) mass is 457 g/mol. The molecule has 3 aromatic rings. The van der Waals surface area contributed by atoms with Gasteiger partial charge in [-0.3, -0.25) is 4.79 Å². The molecule has 1 aromatic heterocycles. The first-order valence-electron chi connectivity index (χ1n) is 11.8. The Morgan fingerprint density at radius 1 is 1.09 bits per heavy atom. The molecule has 0 bridgehead atoms. The second-order valence-corrected chi connectivity index (χ2v) is 8.24. The van der Waals surface area contributed by atoms with Crippen LogP contribution in [0.15, 0.2) is 48.8 Å². The van der Waals surface area contributed by atoms with Gasteiger partial charge in [0.05, 0.1) is 18.3 Å². The SMILES string of the molecule is CCOC(=O)CCCc1cccc(-c2cnc(-c3ccc(OC(C)C)c(C#N)c3)nc2)c1CC. The number of ether oxygens (including phenoxy) is 2. The fourth-order valence-corrected chi connectivity index (χ4v) is 3.94. The summed E-state index contributed by atoms with van der Waals surface area (Å²) in [7, 11) is 0. The van der Waals surface area contributed by atoms with E-state index in [2.05, 4.69) is 35.1 Å². The molecule has 0 saturated heterocycles. The normalized spacial score (nSPS) is 10.7. The number of hydrogen-bond acceptors (Lipinski definition) is 6. The number of benzene rings is 2. The van der Waals surface area contributed by atoms with Crippen LogP contribution in [0.1, 0.15) is 57.2 Å². The van der Waals surface area contributed by atoms with Gasteiger partial charge in [-0.15, -0.1) is 0 Å². The molecule has 0 fully saturated rings. The van der Waals surface area contributed by atoms with E-state index in [-0.39, 0.29) is 12.1 Å². The minimum atomic E-state index is -0.149. The summed E-state index contributed by atoms with van der Waals surface area (Å²) in [5, 5.41) is 9.50. The van der Waals surface area contributed by atoms with Crippen molar-refractivity contribution >= 4 is 5.97 Å². The van der Waals surface area contributed by atoms with Crippen LogP contribution in [-0.4, -0.2) is 28.6 Å². The Hall–Kier alpha value is -3.72. The Kier molecular flexibility index (Phi) is 8.75. The molecule has 0 radical (unpaired) electrons. The standard InChI is InChI=1S/C28H31N3O3/c1-5-24-20(10-8-12-27(32)33-6-2)9-7-11-25(24)23-17-30-28(31-18-23)21-13-14-26(34-19(3)4)22(15-21)16-29/h7,9,11,13-15,17-19H,5-6,8,10,12H2,1-4H3. The van der Waals surface area contributed by atoms with Gasteiger partial charge in [0.2, 0.25) is 0 Å². The molecular weight excluding hydrogens is 426 g/mol. The van der Waals surface area contributed by atoms with Crippen molar-refractivity contribution in [2.24, 2.45) is 0 Å². The lowest BCUT2D eigenvalue weighted by Gasteiger charge is -2.14. The van der Waals surface area contributed by atoms with Crippen molar-refractivity contribution in [1.82, 2.24) is 9.97 Å². The van der Waals surface area contributed by atoms with Crippen LogP contribution in [-0.2, 0) is 22.4 Å². The van der Waals surface area contributed by atoms with Crippen molar-refractivity contribution in [3.63, 3.8) is 0 Å². The molecule has 0 amide bonds. The third kappa shape index (κ3) is 6.20. The number of rotatable bonds is 10. The molecule has 6 heteroatoms. The Bertz CT molecular complexity index is 1160. The maximum absolute atomic E-state index is 11.7. The summed E-state index contributed by atoms with van der Waals surface area (Å²) in [6, 6.07) is 13.8. The van der Waals surface area contributed by atoms with Crippen LogP contribution < -0.4 is 4.74 Å².